The zero-order valence-electron chi connectivity index (χ0n) is 20.4. The number of rotatable bonds is 12. The maximum absolute atomic E-state index is 10.6. The molecule has 2 aromatic carbocycles. The topological polar surface area (TPSA) is 59.8 Å². The van der Waals surface area contributed by atoms with Gasteiger partial charge in [-0.25, -0.2) is 4.68 Å². The van der Waals surface area contributed by atoms with Gasteiger partial charge in [-0.05, 0) is 58.4 Å². The smallest absolute Gasteiger partial charge is 0.227 e. The summed E-state index contributed by atoms with van der Waals surface area (Å²) in [5, 5.41) is 15.5. The second-order valence-corrected chi connectivity index (χ2v) is 8.81. The van der Waals surface area contributed by atoms with Crippen LogP contribution in [-0.4, -0.2) is 51.2 Å². The van der Waals surface area contributed by atoms with E-state index in [2.05, 4.69) is 25.7 Å². The average Bonchev–Trinajstić information content (AvgIpc) is 3.15. The van der Waals surface area contributed by atoms with Gasteiger partial charge in [0.25, 0.3) is 0 Å². The minimum absolute atomic E-state index is 0.0915. The Hall–Kier alpha value is -2.67. The Balaban J connectivity index is 1.97. The first kappa shape index (κ1) is 25.0. The van der Waals surface area contributed by atoms with Crippen LogP contribution in [0.5, 0.6) is 11.6 Å². The van der Waals surface area contributed by atoms with E-state index in [4.69, 9.17) is 14.6 Å². The van der Waals surface area contributed by atoms with Crippen LogP contribution >= 0.6 is 0 Å². The van der Waals surface area contributed by atoms with Crippen LogP contribution < -0.4 is 4.74 Å². The van der Waals surface area contributed by atoms with Crippen molar-refractivity contribution in [3.8, 4) is 17.3 Å². The molecule has 0 aliphatic heterocycles. The lowest BCUT2D eigenvalue weighted by Crippen LogP contribution is -2.39. The molecule has 1 aromatic heterocycles. The van der Waals surface area contributed by atoms with Crippen molar-refractivity contribution in [2.45, 2.75) is 65.8 Å². The fourth-order valence-corrected chi connectivity index (χ4v) is 3.66. The molecule has 3 rings (SSSR count). The summed E-state index contributed by atoms with van der Waals surface area (Å²) < 4.78 is 13.9. The van der Waals surface area contributed by atoms with Gasteiger partial charge in [0.05, 0.1) is 35.8 Å². The number of benzene rings is 2. The lowest BCUT2D eigenvalue weighted by Gasteiger charge is -2.29. The zero-order chi connectivity index (χ0) is 23.8. The Morgan fingerprint density at radius 3 is 2.18 bits per heavy atom. The molecule has 0 amide bonds. The monoisotopic (exact) mass is 451 g/mol. The molecule has 0 saturated carbocycles. The van der Waals surface area contributed by atoms with Gasteiger partial charge in [-0.3, -0.25) is 4.90 Å². The molecule has 0 aliphatic carbocycles. The van der Waals surface area contributed by atoms with Gasteiger partial charge >= 0.3 is 0 Å². The highest BCUT2D eigenvalue weighted by Crippen LogP contribution is 2.32. The number of hydrogen-bond donors (Lipinski definition) is 1. The van der Waals surface area contributed by atoms with Gasteiger partial charge in [0.2, 0.25) is 5.88 Å². The predicted octanol–water partition coefficient (Wildman–Crippen LogP) is 5.22. The number of hydrogen-bond acceptors (Lipinski definition) is 5. The number of aryl methyl sites for hydroxylation is 1. The van der Waals surface area contributed by atoms with Crippen LogP contribution in [0.4, 0.5) is 0 Å². The van der Waals surface area contributed by atoms with E-state index < -0.39 is 6.10 Å². The molecule has 0 fully saturated rings. The summed E-state index contributed by atoms with van der Waals surface area (Å²) in [6.07, 6.45) is 0.307. The van der Waals surface area contributed by atoms with Gasteiger partial charge in [0.15, 0.2) is 0 Å². The van der Waals surface area contributed by atoms with Crippen molar-refractivity contribution >= 4 is 0 Å². The number of aliphatic hydroxyl groups is 1. The molecule has 178 valence electrons. The summed E-state index contributed by atoms with van der Waals surface area (Å²) in [7, 11) is 0. The first-order valence-corrected chi connectivity index (χ1v) is 11.8. The van der Waals surface area contributed by atoms with Crippen LogP contribution in [0.25, 0.3) is 5.69 Å². The second-order valence-electron chi connectivity index (χ2n) is 8.81. The van der Waals surface area contributed by atoms with Gasteiger partial charge in [-0.2, -0.15) is 5.10 Å². The first-order chi connectivity index (χ1) is 15.9. The Morgan fingerprint density at radius 2 is 1.61 bits per heavy atom. The van der Waals surface area contributed by atoms with Crippen molar-refractivity contribution in [3.63, 3.8) is 0 Å². The number of aliphatic hydroxyl groups excluding tert-OH is 1. The molecule has 1 atom stereocenters. The molecule has 0 bridgehead atoms. The van der Waals surface area contributed by atoms with E-state index in [9.17, 15) is 5.11 Å². The minimum atomic E-state index is -0.567. The highest BCUT2D eigenvalue weighted by atomic mass is 16.5. The van der Waals surface area contributed by atoms with Gasteiger partial charge in [-0.15, -0.1) is 0 Å². The zero-order valence-corrected chi connectivity index (χ0v) is 20.4. The van der Waals surface area contributed by atoms with Gasteiger partial charge in [0, 0.05) is 19.1 Å². The Morgan fingerprint density at radius 1 is 0.970 bits per heavy atom. The summed E-state index contributed by atoms with van der Waals surface area (Å²) in [6, 6.07) is 20.1. The highest BCUT2D eigenvalue weighted by Gasteiger charge is 2.25. The fourth-order valence-electron chi connectivity index (χ4n) is 3.66. The number of para-hydroxylation sites is 2. The van der Waals surface area contributed by atoms with Crippen molar-refractivity contribution < 1.29 is 14.6 Å². The van der Waals surface area contributed by atoms with Crippen LogP contribution in [0.2, 0.25) is 0 Å². The largest absolute Gasteiger partial charge is 0.439 e. The SMILES string of the molecule is CCc1nn(-c2ccccc2)c(Oc2ccccc2)c1CN(CC(O)COC(C)C)C(C)C. The third-order valence-corrected chi connectivity index (χ3v) is 5.47. The van der Waals surface area contributed by atoms with Gasteiger partial charge in [-0.1, -0.05) is 43.3 Å². The van der Waals surface area contributed by atoms with Crippen LogP contribution in [0, 0.1) is 0 Å². The molecule has 0 radical (unpaired) electrons. The third kappa shape index (κ3) is 6.90. The molecule has 3 aromatic rings. The predicted molar refractivity (Wildman–Crippen MR) is 132 cm³/mol. The molecule has 1 N–H and O–H groups in total. The Bertz CT molecular complexity index is 971. The molecule has 0 aliphatic rings. The third-order valence-electron chi connectivity index (χ3n) is 5.47. The van der Waals surface area contributed by atoms with Crippen LogP contribution in [0.1, 0.15) is 45.9 Å². The standard InChI is InChI=1S/C27H37N3O3/c1-6-26-25(18-29(20(2)3)17-23(31)19-32-21(4)5)27(33-24-15-11-8-12-16-24)30(28-26)22-13-9-7-10-14-22/h7-16,20-21,23,31H,6,17-19H2,1-5H3. The van der Waals surface area contributed by atoms with Crippen molar-refractivity contribution in [1.82, 2.24) is 14.7 Å². The van der Waals surface area contributed by atoms with E-state index >= 15 is 0 Å². The van der Waals surface area contributed by atoms with E-state index in [1.165, 1.54) is 0 Å². The Labute approximate surface area is 197 Å². The molecular weight excluding hydrogens is 414 g/mol. The first-order valence-electron chi connectivity index (χ1n) is 11.8. The van der Waals surface area contributed by atoms with E-state index in [1.54, 1.807) is 0 Å². The Kier molecular flexibility index (Phi) is 9.06. The van der Waals surface area contributed by atoms with Crippen molar-refractivity contribution in [1.29, 1.82) is 0 Å². The summed E-state index contributed by atoms with van der Waals surface area (Å²) >= 11 is 0. The molecule has 0 saturated heterocycles. The summed E-state index contributed by atoms with van der Waals surface area (Å²) in [6.45, 7) is 11.8. The normalized spacial score (nSPS) is 12.6. The van der Waals surface area contributed by atoms with Crippen LogP contribution in [0.15, 0.2) is 60.7 Å². The summed E-state index contributed by atoms with van der Waals surface area (Å²) in [5.74, 6) is 1.47. The van der Waals surface area contributed by atoms with Crippen LogP contribution in [-0.2, 0) is 17.7 Å². The van der Waals surface area contributed by atoms with Crippen molar-refractivity contribution in [3.05, 3.63) is 71.9 Å². The molecular formula is C27H37N3O3. The van der Waals surface area contributed by atoms with Crippen molar-refractivity contribution in [2.24, 2.45) is 0 Å². The molecule has 1 heterocycles. The summed E-state index contributed by atoms with van der Waals surface area (Å²) in [4.78, 5) is 2.25. The van der Waals surface area contributed by atoms with Crippen LogP contribution in [0.3, 0.4) is 0 Å². The lowest BCUT2D eigenvalue weighted by molar-refractivity contribution is -0.0137. The molecule has 0 spiro atoms. The van der Waals surface area contributed by atoms with E-state index in [1.807, 2.05) is 79.2 Å². The quantitative estimate of drug-likeness (QED) is 0.409. The lowest BCUT2D eigenvalue weighted by atomic mass is 10.1. The summed E-state index contributed by atoms with van der Waals surface area (Å²) in [5.41, 5.74) is 2.98. The van der Waals surface area contributed by atoms with E-state index in [-0.39, 0.29) is 12.1 Å². The minimum Gasteiger partial charge on any atom is -0.439 e. The molecule has 6 nitrogen and oxygen atoms in total. The molecule has 6 heteroatoms. The van der Waals surface area contributed by atoms with E-state index in [0.717, 1.165) is 29.1 Å². The fraction of sp³-hybridized carbons (Fsp3) is 0.444. The molecule has 33 heavy (non-hydrogen) atoms. The maximum atomic E-state index is 10.6. The van der Waals surface area contributed by atoms with E-state index in [0.29, 0.717) is 25.6 Å². The highest BCUT2D eigenvalue weighted by molar-refractivity contribution is 5.43. The number of aromatic nitrogens is 2. The number of nitrogens with zero attached hydrogens (tertiary/aromatic N) is 3. The van der Waals surface area contributed by atoms with Gasteiger partial charge < -0.3 is 14.6 Å². The second kappa shape index (κ2) is 12.0. The number of ether oxygens (including phenoxy) is 2. The average molecular weight is 452 g/mol. The molecule has 1 unspecified atom stereocenters. The maximum Gasteiger partial charge on any atom is 0.227 e. The van der Waals surface area contributed by atoms with Gasteiger partial charge in [0.1, 0.15) is 5.75 Å². The van der Waals surface area contributed by atoms with Crippen molar-refractivity contribution in [2.75, 3.05) is 13.2 Å².